The number of hydrogen-bond donors (Lipinski definition) is 2. The van der Waals surface area contributed by atoms with E-state index in [1.54, 1.807) is 6.07 Å². The fourth-order valence-electron chi connectivity index (χ4n) is 2.65. The Bertz CT molecular complexity index is 489. The highest BCUT2D eigenvalue weighted by atomic mass is 16.1. The molecule has 1 aliphatic carbocycles. The van der Waals surface area contributed by atoms with E-state index in [2.05, 4.69) is 33.0 Å². The molecule has 3 heteroatoms. The van der Waals surface area contributed by atoms with Gasteiger partial charge in [0.2, 0.25) is 0 Å². The van der Waals surface area contributed by atoms with Crippen molar-refractivity contribution in [3.8, 4) is 0 Å². The van der Waals surface area contributed by atoms with Crippen LogP contribution in [0.15, 0.2) is 18.2 Å². The summed E-state index contributed by atoms with van der Waals surface area (Å²) in [5.74, 6) is -0.0246. The number of rotatable bonds is 2. The van der Waals surface area contributed by atoms with Crippen molar-refractivity contribution in [2.24, 2.45) is 10.8 Å². The molecule has 3 nitrogen and oxygen atoms in total. The van der Waals surface area contributed by atoms with Crippen molar-refractivity contribution in [1.29, 1.82) is 0 Å². The van der Waals surface area contributed by atoms with Crippen molar-refractivity contribution in [2.75, 3.05) is 5.73 Å². The van der Waals surface area contributed by atoms with Gasteiger partial charge in [0.25, 0.3) is 5.91 Å². The lowest BCUT2D eigenvalue weighted by molar-refractivity contribution is 0.0943. The molecule has 2 rings (SSSR count). The normalized spacial score (nSPS) is 20.5. The van der Waals surface area contributed by atoms with E-state index in [0.29, 0.717) is 11.3 Å². The van der Waals surface area contributed by atoms with Crippen molar-refractivity contribution in [3.05, 3.63) is 29.3 Å². The number of anilines is 1. The summed E-state index contributed by atoms with van der Waals surface area (Å²) < 4.78 is 0. The van der Waals surface area contributed by atoms with Crippen LogP contribution in [0.3, 0.4) is 0 Å². The third kappa shape index (κ3) is 1.78. The van der Waals surface area contributed by atoms with E-state index in [1.165, 1.54) is 0 Å². The van der Waals surface area contributed by atoms with Gasteiger partial charge in [-0.15, -0.1) is 0 Å². The van der Waals surface area contributed by atoms with Crippen LogP contribution in [-0.4, -0.2) is 11.9 Å². The molecular formula is C15H22N2O. The van der Waals surface area contributed by atoms with Crippen molar-refractivity contribution in [3.63, 3.8) is 0 Å². The Balaban J connectivity index is 2.17. The zero-order valence-corrected chi connectivity index (χ0v) is 11.8. The monoisotopic (exact) mass is 246 g/mol. The second-order valence-corrected chi connectivity index (χ2v) is 6.42. The number of nitrogens with one attached hydrogen (secondary N) is 1. The number of hydrogen-bond acceptors (Lipinski definition) is 2. The van der Waals surface area contributed by atoms with E-state index < -0.39 is 0 Å². The van der Waals surface area contributed by atoms with Crippen LogP contribution in [0.1, 0.15) is 43.6 Å². The molecule has 0 radical (unpaired) electrons. The van der Waals surface area contributed by atoms with Crippen LogP contribution in [-0.2, 0) is 0 Å². The van der Waals surface area contributed by atoms with Crippen LogP contribution in [0, 0.1) is 17.8 Å². The van der Waals surface area contributed by atoms with Crippen LogP contribution in [0.2, 0.25) is 0 Å². The maximum Gasteiger partial charge on any atom is 0.251 e. The number of aryl methyl sites for hydroxylation is 1. The summed E-state index contributed by atoms with van der Waals surface area (Å²) in [6.07, 6.45) is 0. The van der Waals surface area contributed by atoms with Gasteiger partial charge < -0.3 is 11.1 Å². The minimum Gasteiger partial charge on any atom is -0.399 e. The summed E-state index contributed by atoms with van der Waals surface area (Å²) >= 11 is 0. The van der Waals surface area contributed by atoms with Crippen LogP contribution < -0.4 is 11.1 Å². The molecule has 1 aromatic carbocycles. The number of nitrogen functional groups attached to an aromatic ring is 1. The van der Waals surface area contributed by atoms with E-state index in [4.69, 9.17) is 5.73 Å². The second-order valence-electron chi connectivity index (χ2n) is 6.42. The SMILES string of the molecule is Cc1ccc(N)cc1C(=O)NC1C(C)(C)C1(C)C. The molecule has 18 heavy (non-hydrogen) atoms. The highest BCUT2D eigenvalue weighted by molar-refractivity contribution is 5.97. The number of carbonyl (C=O) groups is 1. The Labute approximate surface area is 109 Å². The Kier molecular flexibility index (Phi) is 2.69. The third-order valence-electron chi connectivity index (χ3n) is 4.80. The molecule has 0 heterocycles. The molecule has 0 atom stereocenters. The van der Waals surface area contributed by atoms with E-state index >= 15 is 0 Å². The zero-order valence-electron chi connectivity index (χ0n) is 11.8. The molecule has 3 N–H and O–H groups in total. The van der Waals surface area contributed by atoms with Gasteiger partial charge in [-0.05, 0) is 35.4 Å². The van der Waals surface area contributed by atoms with Crippen molar-refractivity contribution >= 4 is 11.6 Å². The number of carbonyl (C=O) groups excluding carboxylic acids is 1. The summed E-state index contributed by atoms with van der Waals surface area (Å²) in [5.41, 5.74) is 8.29. The lowest BCUT2D eigenvalue weighted by Crippen LogP contribution is -2.30. The van der Waals surface area contributed by atoms with Crippen molar-refractivity contribution in [1.82, 2.24) is 5.32 Å². The van der Waals surface area contributed by atoms with E-state index in [9.17, 15) is 4.79 Å². The van der Waals surface area contributed by atoms with E-state index in [1.807, 2.05) is 19.1 Å². The van der Waals surface area contributed by atoms with Gasteiger partial charge in [0, 0.05) is 17.3 Å². The average molecular weight is 246 g/mol. The van der Waals surface area contributed by atoms with Gasteiger partial charge in [0.1, 0.15) is 0 Å². The van der Waals surface area contributed by atoms with Crippen LogP contribution >= 0.6 is 0 Å². The molecule has 1 amide bonds. The average Bonchev–Trinajstić information content (AvgIpc) is 2.64. The molecule has 0 aromatic heterocycles. The molecular weight excluding hydrogens is 224 g/mol. The Morgan fingerprint density at radius 2 is 1.78 bits per heavy atom. The fourth-order valence-corrected chi connectivity index (χ4v) is 2.65. The standard InChI is InChI=1S/C15H22N2O/c1-9-6-7-10(16)8-11(9)12(18)17-13-14(2,3)15(13,4)5/h6-8,13H,16H2,1-5H3,(H,17,18). The minimum absolute atomic E-state index is 0.0246. The van der Waals surface area contributed by atoms with Crippen molar-refractivity contribution < 1.29 is 4.79 Å². The molecule has 0 aliphatic heterocycles. The van der Waals surface area contributed by atoms with Gasteiger partial charge in [0.15, 0.2) is 0 Å². The summed E-state index contributed by atoms with van der Waals surface area (Å²) in [6, 6.07) is 5.66. The first kappa shape index (κ1) is 12.9. The molecule has 98 valence electrons. The lowest BCUT2D eigenvalue weighted by Gasteiger charge is -2.10. The number of amides is 1. The maximum absolute atomic E-state index is 12.3. The molecule has 0 unspecified atom stereocenters. The molecule has 0 spiro atoms. The smallest absolute Gasteiger partial charge is 0.251 e. The molecule has 1 aromatic rings. The summed E-state index contributed by atoms with van der Waals surface area (Å²) in [6.45, 7) is 10.7. The molecule has 0 bridgehead atoms. The van der Waals surface area contributed by atoms with E-state index in [-0.39, 0.29) is 22.8 Å². The predicted octanol–water partition coefficient (Wildman–Crippen LogP) is 2.74. The Hall–Kier alpha value is -1.51. The molecule has 1 fully saturated rings. The minimum atomic E-state index is -0.0246. The largest absolute Gasteiger partial charge is 0.399 e. The number of benzene rings is 1. The van der Waals surface area contributed by atoms with Gasteiger partial charge in [-0.2, -0.15) is 0 Å². The highest BCUT2D eigenvalue weighted by Gasteiger charge is 2.65. The summed E-state index contributed by atoms with van der Waals surface area (Å²) in [5, 5.41) is 3.12. The van der Waals surface area contributed by atoms with Gasteiger partial charge in [-0.25, -0.2) is 0 Å². The molecule has 1 aliphatic rings. The Morgan fingerprint density at radius 1 is 1.22 bits per heavy atom. The highest BCUT2D eigenvalue weighted by Crippen LogP contribution is 2.62. The first-order valence-electron chi connectivity index (χ1n) is 6.35. The Morgan fingerprint density at radius 3 is 2.28 bits per heavy atom. The first-order valence-corrected chi connectivity index (χ1v) is 6.35. The molecule has 1 saturated carbocycles. The zero-order chi connectivity index (χ0) is 13.7. The number of nitrogens with two attached hydrogens (primary N) is 1. The van der Waals surface area contributed by atoms with Gasteiger partial charge in [-0.1, -0.05) is 33.8 Å². The summed E-state index contributed by atoms with van der Waals surface area (Å²) in [4.78, 5) is 12.3. The van der Waals surface area contributed by atoms with Gasteiger partial charge >= 0.3 is 0 Å². The van der Waals surface area contributed by atoms with Crippen LogP contribution in [0.25, 0.3) is 0 Å². The maximum atomic E-state index is 12.3. The van der Waals surface area contributed by atoms with Gasteiger partial charge in [0.05, 0.1) is 0 Å². The van der Waals surface area contributed by atoms with Crippen LogP contribution in [0.5, 0.6) is 0 Å². The third-order valence-corrected chi connectivity index (χ3v) is 4.80. The topological polar surface area (TPSA) is 55.1 Å². The predicted molar refractivity (Wildman–Crippen MR) is 74.4 cm³/mol. The second kappa shape index (κ2) is 3.74. The lowest BCUT2D eigenvalue weighted by atomic mass is 10.0. The fraction of sp³-hybridized carbons (Fsp3) is 0.533. The summed E-state index contributed by atoms with van der Waals surface area (Å²) in [7, 11) is 0. The van der Waals surface area contributed by atoms with E-state index in [0.717, 1.165) is 5.56 Å². The van der Waals surface area contributed by atoms with Crippen LogP contribution in [0.4, 0.5) is 5.69 Å². The quantitative estimate of drug-likeness (QED) is 0.788. The van der Waals surface area contributed by atoms with Crippen molar-refractivity contribution in [2.45, 2.75) is 40.7 Å². The van der Waals surface area contributed by atoms with Gasteiger partial charge in [-0.3, -0.25) is 4.79 Å². The molecule has 0 saturated heterocycles. The first-order chi connectivity index (χ1) is 8.18.